The number of piperidine rings is 1. The Kier molecular flexibility index (Phi) is 6.17. The lowest BCUT2D eigenvalue weighted by Gasteiger charge is -2.59. The molecule has 6 nitrogen and oxygen atoms in total. The van der Waals surface area contributed by atoms with Crippen LogP contribution >= 0.6 is 0 Å². The summed E-state index contributed by atoms with van der Waals surface area (Å²) in [5.41, 5.74) is 4.92. The minimum absolute atomic E-state index is 0.0452. The maximum atomic E-state index is 13.7. The summed E-state index contributed by atoms with van der Waals surface area (Å²) in [7, 11) is 1.98. The van der Waals surface area contributed by atoms with E-state index in [0.717, 1.165) is 70.5 Å². The number of allylic oxidation sites excluding steroid dienone is 2. The van der Waals surface area contributed by atoms with E-state index in [1.165, 1.54) is 17.0 Å². The zero-order valence-electron chi connectivity index (χ0n) is 23.0. The van der Waals surface area contributed by atoms with Gasteiger partial charge in [0.2, 0.25) is 11.8 Å². The maximum absolute atomic E-state index is 13.7. The van der Waals surface area contributed by atoms with Crippen LogP contribution in [0.2, 0.25) is 0 Å². The van der Waals surface area contributed by atoms with Crippen LogP contribution in [0.4, 0.5) is 11.4 Å². The molecule has 2 saturated heterocycles. The zero-order chi connectivity index (χ0) is 25.9. The van der Waals surface area contributed by atoms with Gasteiger partial charge < -0.3 is 19.9 Å². The van der Waals surface area contributed by atoms with E-state index in [1.807, 2.05) is 24.1 Å². The molecule has 4 fully saturated rings. The van der Waals surface area contributed by atoms with Crippen LogP contribution in [0.1, 0.15) is 65.7 Å². The van der Waals surface area contributed by atoms with Crippen molar-refractivity contribution in [2.24, 2.45) is 34.5 Å². The van der Waals surface area contributed by atoms with Crippen LogP contribution in [0.5, 0.6) is 0 Å². The number of hydrogen-bond acceptors (Lipinski definition) is 4. The lowest BCUT2D eigenvalue weighted by Crippen LogP contribution is -2.54. The number of morpholine rings is 1. The number of nitrogens with one attached hydrogen (secondary N) is 1. The third-order valence-corrected chi connectivity index (χ3v) is 11.1. The molecule has 2 amide bonds. The number of ether oxygens (including phenoxy) is 1. The highest BCUT2D eigenvalue weighted by molar-refractivity contribution is 5.93. The van der Waals surface area contributed by atoms with Crippen molar-refractivity contribution >= 4 is 23.2 Å². The summed E-state index contributed by atoms with van der Waals surface area (Å²) in [6, 6.07) is 8.33. The molecule has 2 unspecified atom stereocenters. The molecule has 37 heavy (non-hydrogen) atoms. The standard InChI is InChI=1S/C31H43N3O3/c1-20-19-23-24-9-10-26(29(36)32-21-5-7-22(8-6-21)34-15-17-37-18-16-34)30(24,2)13-11-25(23)31(3)14-12-27(35)33(4)28(20)31/h5-8,23-26H,9-19H2,1-4H3,(H,32,36)/t23?,24-,25?,26+,30-,31+/m0/s1. The Morgan fingerprint density at radius 2 is 1.76 bits per heavy atom. The predicted octanol–water partition coefficient (Wildman–Crippen LogP) is 5.46. The van der Waals surface area contributed by atoms with Crippen molar-refractivity contribution in [1.82, 2.24) is 4.90 Å². The van der Waals surface area contributed by atoms with Crippen molar-refractivity contribution < 1.29 is 14.3 Å². The number of fused-ring (bicyclic) bond motifs is 5. The molecule has 6 heteroatoms. The summed E-state index contributed by atoms with van der Waals surface area (Å²) in [6.45, 7) is 10.5. The van der Waals surface area contributed by atoms with Crippen LogP contribution in [0, 0.1) is 34.5 Å². The summed E-state index contributed by atoms with van der Waals surface area (Å²) in [6.07, 6.45) is 7.08. The predicted molar refractivity (Wildman–Crippen MR) is 146 cm³/mol. The second kappa shape index (κ2) is 9.14. The van der Waals surface area contributed by atoms with Crippen LogP contribution in [-0.4, -0.2) is 50.1 Å². The third kappa shape index (κ3) is 3.93. The molecule has 2 aliphatic heterocycles. The van der Waals surface area contributed by atoms with Gasteiger partial charge in [-0.2, -0.15) is 0 Å². The number of rotatable bonds is 3. The summed E-state index contributed by atoms with van der Waals surface area (Å²) in [5, 5.41) is 3.28. The second-order valence-electron chi connectivity index (χ2n) is 12.9. The van der Waals surface area contributed by atoms with Gasteiger partial charge in [0, 0.05) is 55.0 Å². The summed E-state index contributed by atoms with van der Waals surface area (Å²) < 4.78 is 5.47. The molecule has 1 N–H and O–H groups in total. The van der Waals surface area contributed by atoms with E-state index >= 15 is 0 Å². The molecule has 5 aliphatic rings. The summed E-state index contributed by atoms with van der Waals surface area (Å²) >= 11 is 0. The van der Waals surface area contributed by atoms with Gasteiger partial charge in [-0.1, -0.05) is 19.4 Å². The van der Waals surface area contributed by atoms with E-state index in [2.05, 4.69) is 43.1 Å². The highest BCUT2D eigenvalue weighted by atomic mass is 16.5. The minimum Gasteiger partial charge on any atom is -0.378 e. The average molecular weight is 506 g/mol. The lowest BCUT2D eigenvalue weighted by molar-refractivity contribution is -0.137. The fraction of sp³-hybridized carbons (Fsp3) is 0.677. The summed E-state index contributed by atoms with van der Waals surface area (Å²) in [5.74, 6) is 2.31. The topological polar surface area (TPSA) is 61.9 Å². The van der Waals surface area contributed by atoms with Gasteiger partial charge in [0.05, 0.1) is 13.2 Å². The first kappa shape index (κ1) is 25.0. The molecule has 3 aliphatic carbocycles. The van der Waals surface area contributed by atoms with Crippen LogP contribution in [0.15, 0.2) is 35.5 Å². The van der Waals surface area contributed by atoms with Crippen molar-refractivity contribution in [3.8, 4) is 0 Å². The number of likely N-dealkylation sites (tertiary alicyclic amines) is 1. The smallest absolute Gasteiger partial charge is 0.228 e. The van der Waals surface area contributed by atoms with Gasteiger partial charge in [-0.25, -0.2) is 0 Å². The first-order chi connectivity index (χ1) is 17.7. The molecule has 6 rings (SSSR count). The van der Waals surface area contributed by atoms with E-state index in [1.54, 1.807) is 0 Å². The Balaban J connectivity index is 1.18. The van der Waals surface area contributed by atoms with Gasteiger partial charge in [0.25, 0.3) is 0 Å². The van der Waals surface area contributed by atoms with Gasteiger partial charge in [0.1, 0.15) is 0 Å². The molecule has 0 spiro atoms. The lowest BCUT2D eigenvalue weighted by atomic mass is 9.48. The van der Waals surface area contributed by atoms with Crippen LogP contribution in [0.3, 0.4) is 0 Å². The van der Waals surface area contributed by atoms with Crippen molar-refractivity contribution in [2.45, 2.75) is 65.7 Å². The minimum atomic E-state index is 0.0452. The SMILES string of the molecule is CC1=C2N(C)C(=O)CC[C@]2(C)C2CC[C@]3(C)[C@@H](C(=O)Nc4ccc(N5CCOCC5)cc4)CC[C@H]3C2C1. The van der Waals surface area contributed by atoms with Gasteiger partial charge in [-0.15, -0.1) is 0 Å². The van der Waals surface area contributed by atoms with E-state index in [-0.39, 0.29) is 28.6 Å². The quantitative estimate of drug-likeness (QED) is 0.593. The van der Waals surface area contributed by atoms with Crippen LogP contribution in [0.25, 0.3) is 0 Å². The number of carbonyl (C=O) groups is 2. The molecule has 1 aromatic carbocycles. The zero-order valence-corrected chi connectivity index (χ0v) is 23.0. The van der Waals surface area contributed by atoms with Gasteiger partial charge in [-0.05, 0) is 92.9 Å². The molecular weight excluding hydrogens is 462 g/mol. The molecule has 2 saturated carbocycles. The third-order valence-electron chi connectivity index (χ3n) is 11.1. The Morgan fingerprint density at radius 3 is 2.49 bits per heavy atom. The maximum Gasteiger partial charge on any atom is 0.228 e. The molecule has 0 aromatic heterocycles. The van der Waals surface area contributed by atoms with Gasteiger partial charge >= 0.3 is 0 Å². The first-order valence-electron chi connectivity index (χ1n) is 14.4. The summed E-state index contributed by atoms with van der Waals surface area (Å²) in [4.78, 5) is 30.5. The molecule has 6 atom stereocenters. The second-order valence-corrected chi connectivity index (χ2v) is 12.9. The van der Waals surface area contributed by atoms with Gasteiger partial charge in [0.15, 0.2) is 0 Å². The van der Waals surface area contributed by atoms with E-state index in [4.69, 9.17) is 4.74 Å². The average Bonchev–Trinajstić information content (AvgIpc) is 3.25. The number of hydrogen-bond donors (Lipinski definition) is 1. The highest BCUT2D eigenvalue weighted by Crippen LogP contribution is 2.66. The number of amides is 2. The Hall–Kier alpha value is -2.34. The molecular formula is C31H43N3O3. The molecule has 200 valence electrons. The Labute approximate surface area is 221 Å². The molecule has 0 bridgehead atoms. The van der Waals surface area contributed by atoms with Crippen molar-refractivity contribution in [3.05, 3.63) is 35.5 Å². The number of carbonyl (C=O) groups excluding carboxylic acids is 2. The fourth-order valence-corrected chi connectivity index (χ4v) is 9.35. The monoisotopic (exact) mass is 505 g/mol. The van der Waals surface area contributed by atoms with Crippen molar-refractivity contribution in [2.75, 3.05) is 43.6 Å². The van der Waals surface area contributed by atoms with E-state index < -0.39 is 0 Å². The fourth-order valence-electron chi connectivity index (χ4n) is 9.35. The number of nitrogens with zero attached hydrogens (tertiary/aromatic N) is 2. The first-order valence-corrected chi connectivity index (χ1v) is 14.4. The van der Waals surface area contributed by atoms with Gasteiger partial charge in [-0.3, -0.25) is 9.59 Å². The molecule has 2 heterocycles. The Bertz CT molecular complexity index is 1110. The van der Waals surface area contributed by atoms with E-state index in [0.29, 0.717) is 24.2 Å². The largest absolute Gasteiger partial charge is 0.378 e. The number of benzene rings is 1. The molecule has 1 aromatic rings. The molecule has 0 radical (unpaired) electrons. The Morgan fingerprint density at radius 1 is 1.03 bits per heavy atom. The highest BCUT2D eigenvalue weighted by Gasteiger charge is 2.61. The van der Waals surface area contributed by atoms with Crippen molar-refractivity contribution in [3.63, 3.8) is 0 Å². The van der Waals surface area contributed by atoms with Crippen molar-refractivity contribution in [1.29, 1.82) is 0 Å². The normalized spacial score (nSPS) is 37.7. The van der Waals surface area contributed by atoms with E-state index in [9.17, 15) is 9.59 Å². The van der Waals surface area contributed by atoms with Crippen LogP contribution in [-0.2, 0) is 14.3 Å². The number of anilines is 2. The van der Waals surface area contributed by atoms with Crippen LogP contribution < -0.4 is 10.2 Å².